The Morgan fingerprint density at radius 2 is 1.75 bits per heavy atom. The van der Waals surface area contributed by atoms with Gasteiger partial charge in [-0.15, -0.1) is 0 Å². The lowest BCUT2D eigenvalue weighted by Crippen LogP contribution is -2.35. The van der Waals surface area contributed by atoms with E-state index in [4.69, 9.17) is 11.6 Å². The highest BCUT2D eigenvalue weighted by atomic mass is 35.5. The van der Waals surface area contributed by atoms with Crippen LogP contribution in [0.15, 0.2) is 53.4 Å². The number of benzene rings is 2. The maximum atomic E-state index is 12.6. The summed E-state index contributed by atoms with van der Waals surface area (Å²) in [7, 11) is -3.43. The smallest absolute Gasteiger partial charge is 0.207 e. The molecule has 20 heavy (non-hydrogen) atoms. The fourth-order valence-corrected chi connectivity index (χ4v) is 4.08. The van der Waals surface area contributed by atoms with Crippen molar-refractivity contribution in [1.82, 2.24) is 4.31 Å². The van der Waals surface area contributed by atoms with E-state index in [1.54, 1.807) is 24.3 Å². The normalized spacial score (nSPS) is 15.8. The lowest BCUT2D eigenvalue weighted by molar-refractivity contribution is 0.391. The molecule has 0 unspecified atom stereocenters. The Kier molecular flexibility index (Phi) is 3.54. The molecule has 5 heteroatoms. The summed E-state index contributed by atoms with van der Waals surface area (Å²) < 4.78 is 26.7. The van der Waals surface area contributed by atoms with Crippen LogP contribution in [0.1, 0.15) is 11.1 Å². The van der Waals surface area contributed by atoms with E-state index in [1.807, 2.05) is 24.3 Å². The first-order valence-corrected chi connectivity index (χ1v) is 8.22. The van der Waals surface area contributed by atoms with Gasteiger partial charge in [0.15, 0.2) is 0 Å². The van der Waals surface area contributed by atoms with Crippen molar-refractivity contribution in [2.24, 2.45) is 0 Å². The summed E-state index contributed by atoms with van der Waals surface area (Å²) in [6.07, 6.45) is 0.721. The van der Waals surface area contributed by atoms with Gasteiger partial charge in [0, 0.05) is 18.1 Å². The van der Waals surface area contributed by atoms with E-state index >= 15 is 0 Å². The van der Waals surface area contributed by atoms with Crippen LogP contribution in [0.25, 0.3) is 0 Å². The molecule has 2 aromatic carbocycles. The monoisotopic (exact) mass is 307 g/mol. The number of sulfonamides is 1. The van der Waals surface area contributed by atoms with Gasteiger partial charge in [-0.2, -0.15) is 4.31 Å². The third-order valence-corrected chi connectivity index (χ3v) is 5.62. The standard InChI is InChI=1S/C15H14ClNO2S/c16-14-7-6-12-8-9-17(11-13(12)10-14)20(18,19)15-4-2-1-3-5-15/h1-7,10H,8-9,11H2. The van der Waals surface area contributed by atoms with Crippen LogP contribution < -0.4 is 0 Å². The van der Waals surface area contributed by atoms with Gasteiger partial charge in [-0.05, 0) is 41.8 Å². The van der Waals surface area contributed by atoms with E-state index in [2.05, 4.69) is 0 Å². The van der Waals surface area contributed by atoms with E-state index in [1.165, 1.54) is 9.87 Å². The number of fused-ring (bicyclic) bond motifs is 1. The minimum atomic E-state index is -3.43. The Labute approximate surface area is 123 Å². The molecule has 0 amide bonds. The zero-order chi connectivity index (χ0) is 14.2. The second kappa shape index (κ2) is 5.20. The van der Waals surface area contributed by atoms with Gasteiger partial charge >= 0.3 is 0 Å². The Morgan fingerprint density at radius 1 is 1.00 bits per heavy atom. The molecule has 0 atom stereocenters. The molecule has 0 aliphatic carbocycles. The zero-order valence-electron chi connectivity index (χ0n) is 10.8. The molecular weight excluding hydrogens is 294 g/mol. The summed E-state index contributed by atoms with van der Waals surface area (Å²) in [4.78, 5) is 0.338. The molecule has 0 bridgehead atoms. The molecule has 3 nitrogen and oxygen atoms in total. The first kappa shape index (κ1) is 13.6. The SMILES string of the molecule is O=S(=O)(c1ccccc1)N1CCc2ccc(Cl)cc2C1. The number of nitrogens with zero attached hydrogens (tertiary/aromatic N) is 1. The van der Waals surface area contributed by atoms with Gasteiger partial charge in [0.05, 0.1) is 4.90 Å². The minimum absolute atomic E-state index is 0.338. The van der Waals surface area contributed by atoms with Crippen molar-refractivity contribution in [2.75, 3.05) is 6.54 Å². The van der Waals surface area contributed by atoms with Crippen LogP contribution in [0.2, 0.25) is 5.02 Å². The van der Waals surface area contributed by atoms with E-state index in [-0.39, 0.29) is 0 Å². The third kappa shape index (κ3) is 2.46. The van der Waals surface area contributed by atoms with Gasteiger partial charge in [-0.1, -0.05) is 35.9 Å². The van der Waals surface area contributed by atoms with E-state index < -0.39 is 10.0 Å². The second-order valence-electron chi connectivity index (χ2n) is 4.81. The van der Waals surface area contributed by atoms with Crippen LogP contribution in [0.4, 0.5) is 0 Å². The summed E-state index contributed by atoms with van der Waals surface area (Å²) >= 11 is 5.99. The predicted molar refractivity (Wildman–Crippen MR) is 79.2 cm³/mol. The Bertz CT molecular complexity index is 729. The Balaban J connectivity index is 1.94. The maximum Gasteiger partial charge on any atom is 0.243 e. The fraction of sp³-hybridized carbons (Fsp3) is 0.200. The number of hydrogen-bond acceptors (Lipinski definition) is 2. The molecule has 0 N–H and O–H groups in total. The van der Waals surface area contributed by atoms with Gasteiger partial charge in [-0.25, -0.2) is 8.42 Å². The van der Waals surface area contributed by atoms with Crippen LogP contribution >= 0.6 is 11.6 Å². The lowest BCUT2D eigenvalue weighted by Gasteiger charge is -2.28. The highest BCUT2D eigenvalue weighted by Crippen LogP contribution is 2.26. The average Bonchev–Trinajstić information content (AvgIpc) is 2.47. The van der Waals surface area contributed by atoms with Gasteiger partial charge < -0.3 is 0 Å². The van der Waals surface area contributed by atoms with Crippen molar-refractivity contribution < 1.29 is 8.42 Å². The van der Waals surface area contributed by atoms with Crippen molar-refractivity contribution in [2.45, 2.75) is 17.9 Å². The molecule has 0 spiro atoms. The van der Waals surface area contributed by atoms with Gasteiger partial charge in [0.2, 0.25) is 10.0 Å². The van der Waals surface area contributed by atoms with Gasteiger partial charge in [0.1, 0.15) is 0 Å². The van der Waals surface area contributed by atoms with E-state index in [0.29, 0.717) is 23.0 Å². The van der Waals surface area contributed by atoms with Crippen LogP contribution in [0.5, 0.6) is 0 Å². The topological polar surface area (TPSA) is 37.4 Å². The molecule has 1 aliphatic heterocycles. The third-order valence-electron chi connectivity index (χ3n) is 3.53. The highest BCUT2D eigenvalue weighted by molar-refractivity contribution is 7.89. The van der Waals surface area contributed by atoms with Crippen molar-refractivity contribution in [3.63, 3.8) is 0 Å². The fourth-order valence-electron chi connectivity index (χ4n) is 2.45. The first-order chi connectivity index (χ1) is 9.57. The largest absolute Gasteiger partial charge is 0.243 e. The average molecular weight is 308 g/mol. The molecule has 0 saturated carbocycles. The van der Waals surface area contributed by atoms with Crippen LogP contribution in [0, 0.1) is 0 Å². The Hall–Kier alpha value is -1.36. The first-order valence-electron chi connectivity index (χ1n) is 6.40. The van der Waals surface area contributed by atoms with Crippen molar-refractivity contribution >= 4 is 21.6 Å². The molecule has 1 aliphatic rings. The maximum absolute atomic E-state index is 12.6. The second-order valence-corrected chi connectivity index (χ2v) is 7.19. The molecule has 0 saturated heterocycles. The molecular formula is C15H14ClNO2S. The molecule has 0 radical (unpaired) electrons. The van der Waals surface area contributed by atoms with Gasteiger partial charge in [0.25, 0.3) is 0 Å². The molecule has 0 fully saturated rings. The van der Waals surface area contributed by atoms with Crippen LogP contribution in [-0.2, 0) is 23.0 Å². The summed E-state index contributed by atoms with van der Waals surface area (Å²) in [5.74, 6) is 0. The molecule has 2 aromatic rings. The summed E-state index contributed by atoms with van der Waals surface area (Å²) in [6, 6.07) is 14.2. The molecule has 1 heterocycles. The predicted octanol–water partition coefficient (Wildman–Crippen LogP) is 3.09. The van der Waals surface area contributed by atoms with Crippen molar-refractivity contribution in [1.29, 1.82) is 0 Å². The summed E-state index contributed by atoms with van der Waals surface area (Å²) in [5.41, 5.74) is 2.16. The molecule has 104 valence electrons. The van der Waals surface area contributed by atoms with E-state index in [9.17, 15) is 8.42 Å². The molecule has 3 rings (SSSR count). The van der Waals surface area contributed by atoms with Crippen LogP contribution in [0.3, 0.4) is 0 Å². The lowest BCUT2D eigenvalue weighted by atomic mass is 10.0. The highest BCUT2D eigenvalue weighted by Gasteiger charge is 2.28. The Morgan fingerprint density at radius 3 is 2.50 bits per heavy atom. The van der Waals surface area contributed by atoms with Crippen LogP contribution in [-0.4, -0.2) is 19.3 Å². The molecule has 0 aromatic heterocycles. The quantitative estimate of drug-likeness (QED) is 0.855. The van der Waals surface area contributed by atoms with E-state index in [0.717, 1.165) is 12.0 Å². The van der Waals surface area contributed by atoms with Crippen molar-refractivity contribution in [3.05, 3.63) is 64.7 Å². The van der Waals surface area contributed by atoms with Crippen molar-refractivity contribution in [3.8, 4) is 0 Å². The van der Waals surface area contributed by atoms with Gasteiger partial charge in [-0.3, -0.25) is 0 Å². The zero-order valence-corrected chi connectivity index (χ0v) is 12.4. The number of halogens is 1. The summed E-state index contributed by atoms with van der Waals surface area (Å²) in [6.45, 7) is 0.888. The summed E-state index contributed by atoms with van der Waals surface area (Å²) in [5, 5.41) is 0.641. The number of rotatable bonds is 2. The minimum Gasteiger partial charge on any atom is -0.207 e. The number of hydrogen-bond donors (Lipinski definition) is 0.